The molecule has 3 rings (SSSR count). The number of carbonyl (C=O) groups is 3. The summed E-state index contributed by atoms with van der Waals surface area (Å²) < 4.78 is 11.1. The smallest absolute Gasteiger partial charge is 0.335 e. The van der Waals surface area contributed by atoms with Crippen LogP contribution in [0.1, 0.15) is 18.1 Å². The first-order valence-corrected chi connectivity index (χ1v) is 10.1. The molecule has 2 aromatic rings. The molecule has 1 aliphatic rings. The second kappa shape index (κ2) is 9.45. The van der Waals surface area contributed by atoms with E-state index in [9.17, 15) is 14.4 Å². The first-order chi connectivity index (χ1) is 14.9. The van der Waals surface area contributed by atoms with Gasteiger partial charge in [-0.05, 0) is 47.9 Å². The van der Waals surface area contributed by atoms with Crippen molar-refractivity contribution in [1.29, 1.82) is 5.26 Å². The largest absolute Gasteiger partial charge is 0.493 e. The highest BCUT2D eigenvalue weighted by molar-refractivity contribution is 9.10. The third-order valence-corrected chi connectivity index (χ3v) is 5.27. The Hall–Kier alpha value is -3.64. The maximum absolute atomic E-state index is 13.0. The van der Waals surface area contributed by atoms with Gasteiger partial charge < -0.3 is 9.47 Å². The van der Waals surface area contributed by atoms with E-state index in [1.165, 1.54) is 13.2 Å². The first kappa shape index (κ1) is 22.1. The molecule has 158 valence electrons. The maximum atomic E-state index is 13.0. The number of halogens is 1. The third-order valence-electron chi connectivity index (χ3n) is 4.58. The molecule has 8 nitrogen and oxygen atoms in total. The van der Waals surface area contributed by atoms with Gasteiger partial charge in [-0.2, -0.15) is 5.26 Å². The van der Waals surface area contributed by atoms with Gasteiger partial charge in [-0.25, -0.2) is 9.69 Å². The van der Waals surface area contributed by atoms with Crippen LogP contribution in [0.15, 0.2) is 46.4 Å². The number of carbonyl (C=O) groups excluding carboxylic acids is 3. The standard InChI is InChI=1S/C22H18BrN3O5/c1-3-13-4-6-15(7-5-13)26-21(28)16(20(27)25-22(26)29)10-14-11-18(30-2)19(12-17(14)23)31-9-8-24/h4-7,10-12H,3,9H2,1-2H3,(H,25,27,29)/b16-10-. The van der Waals surface area contributed by atoms with Crippen molar-refractivity contribution in [2.75, 3.05) is 18.6 Å². The minimum absolute atomic E-state index is 0.169. The molecule has 0 saturated carbocycles. The van der Waals surface area contributed by atoms with Crippen LogP contribution in [-0.2, 0) is 16.0 Å². The molecule has 0 unspecified atom stereocenters. The number of benzene rings is 2. The van der Waals surface area contributed by atoms with Gasteiger partial charge in [0.15, 0.2) is 18.1 Å². The van der Waals surface area contributed by atoms with Crippen molar-refractivity contribution in [3.63, 3.8) is 0 Å². The van der Waals surface area contributed by atoms with Gasteiger partial charge in [-0.3, -0.25) is 14.9 Å². The van der Waals surface area contributed by atoms with Crippen molar-refractivity contribution in [3.05, 3.63) is 57.6 Å². The number of methoxy groups -OCH3 is 1. The fourth-order valence-corrected chi connectivity index (χ4v) is 3.41. The number of barbiturate groups is 1. The quantitative estimate of drug-likeness (QED) is 0.496. The van der Waals surface area contributed by atoms with Crippen molar-refractivity contribution in [2.24, 2.45) is 0 Å². The molecule has 2 aromatic carbocycles. The van der Waals surface area contributed by atoms with Crippen LogP contribution in [0.25, 0.3) is 6.08 Å². The number of nitriles is 1. The van der Waals surface area contributed by atoms with E-state index in [1.807, 2.05) is 25.1 Å². The van der Waals surface area contributed by atoms with E-state index >= 15 is 0 Å². The highest BCUT2D eigenvalue weighted by Gasteiger charge is 2.37. The normalized spacial score (nSPS) is 15.0. The van der Waals surface area contributed by atoms with Crippen LogP contribution in [0.4, 0.5) is 10.5 Å². The zero-order chi connectivity index (χ0) is 22.5. The Morgan fingerprint density at radius 3 is 2.48 bits per heavy atom. The molecular weight excluding hydrogens is 466 g/mol. The maximum Gasteiger partial charge on any atom is 0.335 e. The number of hydrogen-bond donors (Lipinski definition) is 1. The van der Waals surface area contributed by atoms with Crippen LogP contribution in [-0.4, -0.2) is 31.6 Å². The second-order valence-electron chi connectivity index (χ2n) is 6.45. The summed E-state index contributed by atoms with van der Waals surface area (Å²) in [4.78, 5) is 38.7. The molecule has 0 atom stereocenters. The Labute approximate surface area is 187 Å². The predicted octanol–water partition coefficient (Wildman–Crippen LogP) is 3.59. The number of ether oxygens (including phenoxy) is 2. The van der Waals surface area contributed by atoms with Gasteiger partial charge >= 0.3 is 6.03 Å². The average molecular weight is 484 g/mol. The molecule has 0 radical (unpaired) electrons. The number of anilines is 1. The van der Waals surface area contributed by atoms with Crippen molar-refractivity contribution < 1.29 is 23.9 Å². The van der Waals surface area contributed by atoms with E-state index in [0.29, 0.717) is 27.2 Å². The van der Waals surface area contributed by atoms with Crippen LogP contribution in [0.5, 0.6) is 11.5 Å². The van der Waals surface area contributed by atoms with Crippen LogP contribution in [0.2, 0.25) is 0 Å². The predicted molar refractivity (Wildman–Crippen MR) is 117 cm³/mol. The minimum Gasteiger partial charge on any atom is -0.493 e. The van der Waals surface area contributed by atoms with Crippen molar-refractivity contribution in [3.8, 4) is 17.6 Å². The van der Waals surface area contributed by atoms with Gasteiger partial charge in [0.1, 0.15) is 11.6 Å². The highest BCUT2D eigenvalue weighted by Crippen LogP contribution is 2.35. The summed E-state index contributed by atoms with van der Waals surface area (Å²) in [6.45, 7) is 1.83. The van der Waals surface area contributed by atoms with E-state index in [4.69, 9.17) is 14.7 Å². The fraction of sp³-hybridized carbons (Fsp3) is 0.182. The van der Waals surface area contributed by atoms with Crippen LogP contribution < -0.4 is 19.7 Å². The summed E-state index contributed by atoms with van der Waals surface area (Å²) in [6.07, 6.45) is 2.17. The van der Waals surface area contributed by atoms with Crippen molar-refractivity contribution in [2.45, 2.75) is 13.3 Å². The Kier molecular flexibility index (Phi) is 6.72. The number of urea groups is 1. The van der Waals surface area contributed by atoms with Gasteiger partial charge in [-0.15, -0.1) is 0 Å². The molecule has 31 heavy (non-hydrogen) atoms. The van der Waals surface area contributed by atoms with Crippen LogP contribution in [0, 0.1) is 11.3 Å². The lowest BCUT2D eigenvalue weighted by molar-refractivity contribution is -0.122. The number of rotatable bonds is 6. The van der Waals surface area contributed by atoms with Gasteiger partial charge in [0.2, 0.25) is 0 Å². The Morgan fingerprint density at radius 2 is 1.87 bits per heavy atom. The van der Waals surface area contributed by atoms with E-state index in [0.717, 1.165) is 16.9 Å². The lowest BCUT2D eigenvalue weighted by atomic mass is 10.1. The number of hydrogen-bond acceptors (Lipinski definition) is 6. The number of amides is 4. The summed E-state index contributed by atoms with van der Waals surface area (Å²) in [5.74, 6) is -0.900. The second-order valence-corrected chi connectivity index (χ2v) is 7.30. The molecule has 0 aliphatic carbocycles. The van der Waals surface area contributed by atoms with Crippen LogP contribution in [0.3, 0.4) is 0 Å². The molecule has 4 amide bonds. The zero-order valence-corrected chi connectivity index (χ0v) is 18.4. The molecule has 1 heterocycles. The Balaban J connectivity index is 2.00. The molecule has 1 N–H and O–H groups in total. The lowest BCUT2D eigenvalue weighted by Crippen LogP contribution is -2.54. The van der Waals surface area contributed by atoms with E-state index in [-0.39, 0.29) is 12.2 Å². The number of nitrogens with one attached hydrogen (secondary N) is 1. The SMILES string of the molecule is CCc1ccc(N2C(=O)NC(=O)/C(=C/c3cc(OC)c(OCC#N)cc3Br)C2=O)cc1. The van der Waals surface area contributed by atoms with Gasteiger partial charge in [0, 0.05) is 4.47 Å². The van der Waals surface area contributed by atoms with Gasteiger partial charge in [-0.1, -0.05) is 35.0 Å². The number of nitrogens with zero attached hydrogens (tertiary/aromatic N) is 2. The molecule has 1 aliphatic heterocycles. The average Bonchev–Trinajstić information content (AvgIpc) is 2.76. The third kappa shape index (κ3) is 4.59. The topological polar surface area (TPSA) is 109 Å². The summed E-state index contributed by atoms with van der Waals surface area (Å²) in [5, 5.41) is 10.9. The highest BCUT2D eigenvalue weighted by atomic mass is 79.9. The molecule has 0 bridgehead atoms. The van der Waals surface area contributed by atoms with E-state index in [2.05, 4.69) is 21.2 Å². The number of imide groups is 2. The first-order valence-electron chi connectivity index (χ1n) is 9.27. The Morgan fingerprint density at radius 1 is 1.16 bits per heavy atom. The van der Waals surface area contributed by atoms with Crippen LogP contribution >= 0.6 is 15.9 Å². The monoisotopic (exact) mass is 483 g/mol. The molecule has 9 heteroatoms. The van der Waals surface area contributed by atoms with Gasteiger partial charge in [0.05, 0.1) is 12.8 Å². The summed E-state index contributed by atoms with van der Waals surface area (Å²) in [6, 6.07) is 11.1. The molecule has 0 aromatic heterocycles. The summed E-state index contributed by atoms with van der Waals surface area (Å²) >= 11 is 3.37. The minimum atomic E-state index is -0.812. The summed E-state index contributed by atoms with van der Waals surface area (Å²) in [7, 11) is 1.43. The van der Waals surface area contributed by atoms with Crippen molar-refractivity contribution in [1.82, 2.24) is 5.32 Å². The fourth-order valence-electron chi connectivity index (χ4n) is 2.97. The van der Waals surface area contributed by atoms with Crippen molar-refractivity contribution >= 4 is 45.5 Å². The molecule has 0 spiro atoms. The lowest BCUT2D eigenvalue weighted by Gasteiger charge is -2.26. The zero-order valence-electron chi connectivity index (χ0n) is 16.8. The van der Waals surface area contributed by atoms with Gasteiger partial charge in [0.25, 0.3) is 11.8 Å². The molecule has 1 saturated heterocycles. The molecule has 1 fully saturated rings. The van der Waals surface area contributed by atoms with E-state index < -0.39 is 17.8 Å². The molecular formula is C22H18BrN3O5. The van der Waals surface area contributed by atoms with E-state index in [1.54, 1.807) is 24.3 Å². The summed E-state index contributed by atoms with van der Waals surface area (Å²) in [5.41, 5.74) is 1.65. The number of aryl methyl sites for hydroxylation is 1. The Bertz CT molecular complexity index is 1120.